The fraction of sp³-hybridized carbons (Fsp3) is 0.235. The molecule has 0 fully saturated rings. The van der Waals surface area contributed by atoms with E-state index in [-0.39, 0.29) is 0 Å². The SMILES string of the molecule is N#Cc1ccc(CN2CCOCc3ccccc32)cc1. The molecule has 1 aliphatic rings. The van der Waals surface area contributed by atoms with E-state index in [4.69, 9.17) is 10.00 Å². The van der Waals surface area contributed by atoms with Crippen LogP contribution in [0.15, 0.2) is 48.5 Å². The Kier molecular flexibility index (Phi) is 3.67. The van der Waals surface area contributed by atoms with Gasteiger partial charge in [0.15, 0.2) is 0 Å². The lowest BCUT2D eigenvalue weighted by Gasteiger charge is -2.24. The Balaban J connectivity index is 1.84. The molecular weight excluding hydrogens is 248 g/mol. The van der Waals surface area contributed by atoms with Crippen molar-refractivity contribution in [1.29, 1.82) is 5.26 Å². The van der Waals surface area contributed by atoms with E-state index in [1.54, 1.807) is 0 Å². The fourth-order valence-electron chi connectivity index (χ4n) is 2.49. The molecule has 0 saturated carbocycles. The number of hydrogen-bond donors (Lipinski definition) is 0. The number of nitriles is 1. The molecule has 0 bridgehead atoms. The van der Waals surface area contributed by atoms with E-state index in [1.807, 2.05) is 30.3 Å². The normalized spacial score (nSPS) is 14.2. The molecule has 0 radical (unpaired) electrons. The number of para-hydroxylation sites is 1. The molecule has 0 aromatic heterocycles. The third-order valence-corrected chi connectivity index (χ3v) is 3.55. The number of rotatable bonds is 2. The Hall–Kier alpha value is -2.31. The van der Waals surface area contributed by atoms with Crippen LogP contribution in [-0.4, -0.2) is 13.2 Å². The van der Waals surface area contributed by atoms with Gasteiger partial charge in [-0.15, -0.1) is 0 Å². The Morgan fingerprint density at radius 2 is 1.90 bits per heavy atom. The molecule has 0 N–H and O–H groups in total. The minimum Gasteiger partial charge on any atom is -0.375 e. The van der Waals surface area contributed by atoms with Crippen molar-refractivity contribution < 1.29 is 4.74 Å². The van der Waals surface area contributed by atoms with E-state index < -0.39 is 0 Å². The van der Waals surface area contributed by atoms with Crippen molar-refractivity contribution in [3.63, 3.8) is 0 Å². The molecule has 0 spiro atoms. The van der Waals surface area contributed by atoms with Crippen LogP contribution < -0.4 is 4.90 Å². The van der Waals surface area contributed by atoms with Crippen molar-refractivity contribution in [2.24, 2.45) is 0 Å². The van der Waals surface area contributed by atoms with Crippen LogP contribution in [0.5, 0.6) is 0 Å². The van der Waals surface area contributed by atoms with Crippen LogP contribution in [-0.2, 0) is 17.9 Å². The number of anilines is 1. The predicted molar refractivity (Wildman–Crippen MR) is 78.3 cm³/mol. The van der Waals surface area contributed by atoms with Crippen molar-refractivity contribution >= 4 is 5.69 Å². The average Bonchev–Trinajstić information content (AvgIpc) is 2.71. The van der Waals surface area contributed by atoms with Gasteiger partial charge >= 0.3 is 0 Å². The molecule has 100 valence electrons. The molecule has 2 aromatic carbocycles. The standard InChI is InChI=1S/C17H16N2O/c18-11-14-5-7-15(8-6-14)12-19-9-10-20-13-16-3-1-2-4-17(16)19/h1-8H,9-10,12-13H2. The number of ether oxygens (including phenoxy) is 1. The van der Waals surface area contributed by atoms with E-state index in [0.717, 1.165) is 19.7 Å². The lowest BCUT2D eigenvalue weighted by molar-refractivity contribution is 0.132. The predicted octanol–water partition coefficient (Wildman–Crippen LogP) is 3.10. The second-order valence-electron chi connectivity index (χ2n) is 4.91. The molecule has 0 saturated heterocycles. The summed E-state index contributed by atoms with van der Waals surface area (Å²) < 4.78 is 5.64. The third kappa shape index (κ3) is 2.66. The Bertz CT molecular complexity index is 628. The molecule has 2 aromatic rings. The fourth-order valence-corrected chi connectivity index (χ4v) is 2.49. The van der Waals surface area contributed by atoms with Crippen LogP contribution in [0.1, 0.15) is 16.7 Å². The summed E-state index contributed by atoms with van der Waals surface area (Å²) in [5.74, 6) is 0. The number of benzene rings is 2. The summed E-state index contributed by atoms with van der Waals surface area (Å²) in [6.45, 7) is 3.15. The first kappa shape index (κ1) is 12.7. The number of nitrogens with zero attached hydrogens (tertiary/aromatic N) is 2. The van der Waals surface area contributed by atoms with Crippen LogP contribution in [0.2, 0.25) is 0 Å². The van der Waals surface area contributed by atoms with Gasteiger partial charge in [-0.3, -0.25) is 0 Å². The first-order valence-electron chi connectivity index (χ1n) is 6.76. The van der Waals surface area contributed by atoms with Gasteiger partial charge in [0.05, 0.1) is 24.8 Å². The lowest BCUT2D eigenvalue weighted by atomic mass is 10.1. The average molecular weight is 264 g/mol. The maximum Gasteiger partial charge on any atom is 0.0991 e. The smallest absolute Gasteiger partial charge is 0.0991 e. The molecular formula is C17H16N2O. The molecule has 0 unspecified atom stereocenters. The monoisotopic (exact) mass is 264 g/mol. The molecule has 1 heterocycles. The van der Waals surface area contributed by atoms with Crippen LogP contribution in [0.3, 0.4) is 0 Å². The molecule has 20 heavy (non-hydrogen) atoms. The molecule has 3 rings (SSSR count). The van der Waals surface area contributed by atoms with Gasteiger partial charge in [-0.2, -0.15) is 5.26 Å². The second kappa shape index (κ2) is 5.77. The molecule has 0 amide bonds. The van der Waals surface area contributed by atoms with Crippen LogP contribution >= 0.6 is 0 Å². The summed E-state index contributed by atoms with van der Waals surface area (Å²) in [7, 11) is 0. The van der Waals surface area contributed by atoms with Crippen molar-refractivity contribution in [1.82, 2.24) is 0 Å². The summed E-state index contributed by atoms with van der Waals surface area (Å²) in [4.78, 5) is 2.34. The lowest BCUT2D eigenvalue weighted by Crippen LogP contribution is -2.25. The van der Waals surface area contributed by atoms with Gasteiger partial charge in [-0.25, -0.2) is 0 Å². The van der Waals surface area contributed by atoms with E-state index in [9.17, 15) is 0 Å². The topological polar surface area (TPSA) is 36.3 Å². The van der Waals surface area contributed by atoms with Gasteiger partial charge in [-0.1, -0.05) is 30.3 Å². The summed E-state index contributed by atoms with van der Waals surface area (Å²) in [5.41, 5.74) is 4.39. The highest BCUT2D eigenvalue weighted by molar-refractivity contribution is 5.54. The first-order chi connectivity index (χ1) is 9.86. The summed E-state index contributed by atoms with van der Waals surface area (Å²) in [6, 6.07) is 18.3. The van der Waals surface area contributed by atoms with E-state index in [0.29, 0.717) is 12.2 Å². The molecule has 3 nitrogen and oxygen atoms in total. The van der Waals surface area contributed by atoms with Crippen molar-refractivity contribution in [3.05, 3.63) is 65.2 Å². The third-order valence-electron chi connectivity index (χ3n) is 3.55. The van der Waals surface area contributed by atoms with Crippen LogP contribution in [0.25, 0.3) is 0 Å². The van der Waals surface area contributed by atoms with Crippen molar-refractivity contribution in [2.45, 2.75) is 13.2 Å². The van der Waals surface area contributed by atoms with E-state index in [1.165, 1.54) is 16.8 Å². The van der Waals surface area contributed by atoms with E-state index in [2.05, 4.69) is 29.2 Å². The minimum absolute atomic E-state index is 0.681. The molecule has 0 aliphatic carbocycles. The number of hydrogen-bond acceptors (Lipinski definition) is 3. The Labute approximate surface area is 119 Å². The Morgan fingerprint density at radius 1 is 1.10 bits per heavy atom. The quantitative estimate of drug-likeness (QED) is 0.836. The van der Waals surface area contributed by atoms with Crippen molar-refractivity contribution in [3.8, 4) is 6.07 Å². The van der Waals surface area contributed by atoms with Gasteiger partial charge in [0.2, 0.25) is 0 Å². The minimum atomic E-state index is 0.681. The number of fused-ring (bicyclic) bond motifs is 1. The largest absolute Gasteiger partial charge is 0.375 e. The molecule has 3 heteroatoms. The maximum atomic E-state index is 8.84. The van der Waals surface area contributed by atoms with Gasteiger partial charge in [0, 0.05) is 24.3 Å². The van der Waals surface area contributed by atoms with E-state index >= 15 is 0 Å². The summed E-state index contributed by atoms with van der Waals surface area (Å²) in [5, 5.41) is 8.84. The maximum absolute atomic E-state index is 8.84. The Morgan fingerprint density at radius 3 is 2.70 bits per heavy atom. The zero-order chi connectivity index (χ0) is 13.8. The highest BCUT2D eigenvalue weighted by Gasteiger charge is 2.15. The first-order valence-corrected chi connectivity index (χ1v) is 6.76. The summed E-state index contributed by atoms with van der Waals surface area (Å²) in [6.07, 6.45) is 0. The van der Waals surface area contributed by atoms with Gasteiger partial charge in [0.25, 0.3) is 0 Å². The molecule has 0 atom stereocenters. The van der Waals surface area contributed by atoms with Gasteiger partial charge < -0.3 is 9.64 Å². The van der Waals surface area contributed by atoms with Crippen LogP contribution in [0.4, 0.5) is 5.69 Å². The zero-order valence-electron chi connectivity index (χ0n) is 11.2. The van der Waals surface area contributed by atoms with Crippen molar-refractivity contribution in [2.75, 3.05) is 18.1 Å². The van der Waals surface area contributed by atoms with Gasteiger partial charge in [0.1, 0.15) is 0 Å². The highest BCUT2D eigenvalue weighted by Crippen LogP contribution is 2.25. The van der Waals surface area contributed by atoms with Crippen LogP contribution in [0, 0.1) is 11.3 Å². The highest BCUT2D eigenvalue weighted by atomic mass is 16.5. The zero-order valence-corrected chi connectivity index (χ0v) is 11.2. The van der Waals surface area contributed by atoms with Gasteiger partial charge in [-0.05, 0) is 23.8 Å². The molecule has 1 aliphatic heterocycles. The second-order valence-corrected chi connectivity index (χ2v) is 4.91. The summed E-state index contributed by atoms with van der Waals surface area (Å²) >= 11 is 0.